The van der Waals surface area contributed by atoms with Gasteiger partial charge in [-0.1, -0.05) is 6.42 Å². The lowest BCUT2D eigenvalue weighted by Crippen LogP contribution is -2.51. The summed E-state index contributed by atoms with van der Waals surface area (Å²) in [5.74, 6) is 0.229. The van der Waals surface area contributed by atoms with Crippen LogP contribution in [0, 0.1) is 5.41 Å². The number of rotatable bonds is 4. The Balaban J connectivity index is 2.11. The number of carbonyl (C=O) groups is 1. The standard InChI is InChI=1S/C12H19N3O/c1-13-9-12(5-3-6-12)11(16)15(2)10-4-7-14-8-10/h4,7-8,13-14H,3,5-6,9H2,1-2H3. The summed E-state index contributed by atoms with van der Waals surface area (Å²) in [4.78, 5) is 17.1. The van der Waals surface area contributed by atoms with Gasteiger partial charge in [-0.3, -0.25) is 4.79 Å². The molecule has 0 radical (unpaired) electrons. The van der Waals surface area contributed by atoms with Crippen molar-refractivity contribution in [2.24, 2.45) is 5.41 Å². The van der Waals surface area contributed by atoms with Crippen LogP contribution < -0.4 is 10.2 Å². The van der Waals surface area contributed by atoms with Crippen molar-refractivity contribution in [2.45, 2.75) is 19.3 Å². The van der Waals surface area contributed by atoms with Crippen LogP contribution in [0.25, 0.3) is 0 Å². The number of aromatic amines is 1. The molecule has 16 heavy (non-hydrogen) atoms. The van der Waals surface area contributed by atoms with Gasteiger partial charge in [0, 0.05) is 26.0 Å². The van der Waals surface area contributed by atoms with Gasteiger partial charge in [0.2, 0.25) is 5.91 Å². The maximum Gasteiger partial charge on any atom is 0.234 e. The largest absolute Gasteiger partial charge is 0.366 e. The molecule has 4 heteroatoms. The molecule has 0 spiro atoms. The number of carbonyl (C=O) groups excluding carboxylic acids is 1. The van der Waals surface area contributed by atoms with Gasteiger partial charge in [0.25, 0.3) is 0 Å². The zero-order valence-electron chi connectivity index (χ0n) is 9.92. The Morgan fingerprint density at radius 2 is 2.38 bits per heavy atom. The fourth-order valence-corrected chi connectivity index (χ4v) is 2.40. The van der Waals surface area contributed by atoms with E-state index < -0.39 is 0 Å². The van der Waals surface area contributed by atoms with Gasteiger partial charge in [-0.2, -0.15) is 0 Å². The summed E-state index contributed by atoms with van der Waals surface area (Å²) in [6, 6.07) is 1.92. The summed E-state index contributed by atoms with van der Waals surface area (Å²) in [5.41, 5.74) is 0.771. The topological polar surface area (TPSA) is 48.1 Å². The normalized spacial score (nSPS) is 17.9. The number of amides is 1. The third-order valence-corrected chi connectivity index (χ3v) is 3.55. The first-order valence-electron chi connectivity index (χ1n) is 5.75. The number of hydrogen-bond acceptors (Lipinski definition) is 2. The first-order chi connectivity index (χ1) is 7.69. The lowest BCUT2D eigenvalue weighted by molar-refractivity contribution is -0.132. The zero-order chi connectivity index (χ0) is 11.6. The summed E-state index contributed by atoms with van der Waals surface area (Å²) in [6.45, 7) is 0.778. The molecule has 0 aliphatic heterocycles. The van der Waals surface area contributed by atoms with Crippen molar-refractivity contribution in [3.8, 4) is 0 Å². The van der Waals surface area contributed by atoms with E-state index in [2.05, 4.69) is 10.3 Å². The minimum atomic E-state index is -0.166. The van der Waals surface area contributed by atoms with Gasteiger partial charge in [-0.15, -0.1) is 0 Å². The highest BCUT2D eigenvalue weighted by Gasteiger charge is 2.45. The monoisotopic (exact) mass is 221 g/mol. The maximum atomic E-state index is 12.4. The minimum Gasteiger partial charge on any atom is -0.366 e. The molecular weight excluding hydrogens is 202 g/mol. The van der Waals surface area contributed by atoms with E-state index in [9.17, 15) is 4.79 Å². The van der Waals surface area contributed by atoms with Crippen LogP contribution in [0.4, 0.5) is 5.69 Å². The quantitative estimate of drug-likeness (QED) is 0.806. The maximum absolute atomic E-state index is 12.4. The third-order valence-electron chi connectivity index (χ3n) is 3.55. The van der Waals surface area contributed by atoms with Crippen LogP contribution in [0.15, 0.2) is 18.5 Å². The molecule has 88 valence electrons. The van der Waals surface area contributed by atoms with Gasteiger partial charge < -0.3 is 15.2 Å². The molecule has 2 rings (SSSR count). The summed E-state index contributed by atoms with van der Waals surface area (Å²) < 4.78 is 0. The van der Waals surface area contributed by atoms with Crippen LogP contribution in [0.3, 0.4) is 0 Å². The summed E-state index contributed by atoms with van der Waals surface area (Å²) >= 11 is 0. The number of anilines is 1. The van der Waals surface area contributed by atoms with E-state index >= 15 is 0 Å². The lowest BCUT2D eigenvalue weighted by Gasteiger charge is -2.42. The van der Waals surface area contributed by atoms with Crippen molar-refractivity contribution < 1.29 is 4.79 Å². The van der Waals surface area contributed by atoms with Crippen molar-refractivity contribution in [3.05, 3.63) is 18.5 Å². The minimum absolute atomic E-state index is 0.166. The molecule has 0 aromatic carbocycles. The summed E-state index contributed by atoms with van der Waals surface area (Å²) in [6.07, 6.45) is 6.85. The molecule has 1 fully saturated rings. The first-order valence-corrected chi connectivity index (χ1v) is 5.75. The van der Waals surface area contributed by atoms with Crippen molar-refractivity contribution >= 4 is 11.6 Å². The van der Waals surface area contributed by atoms with Gasteiger partial charge in [0.1, 0.15) is 0 Å². The molecule has 0 unspecified atom stereocenters. The molecule has 4 nitrogen and oxygen atoms in total. The Bertz CT molecular complexity index is 354. The second kappa shape index (κ2) is 4.29. The van der Waals surface area contributed by atoms with E-state index in [4.69, 9.17) is 0 Å². The van der Waals surface area contributed by atoms with E-state index in [1.54, 1.807) is 4.90 Å². The van der Waals surface area contributed by atoms with E-state index in [0.29, 0.717) is 0 Å². The second-order valence-electron chi connectivity index (χ2n) is 4.60. The lowest BCUT2D eigenvalue weighted by atomic mass is 9.67. The first kappa shape index (κ1) is 11.2. The smallest absolute Gasteiger partial charge is 0.234 e. The number of hydrogen-bond donors (Lipinski definition) is 2. The molecule has 1 amide bonds. The molecule has 0 atom stereocenters. The van der Waals surface area contributed by atoms with Crippen LogP contribution >= 0.6 is 0 Å². The SMILES string of the molecule is CNCC1(C(=O)N(C)c2cc[nH]c2)CCC1. The third kappa shape index (κ3) is 1.73. The van der Waals surface area contributed by atoms with Crippen LogP contribution in [-0.4, -0.2) is 31.5 Å². The van der Waals surface area contributed by atoms with E-state index in [1.165, 1.54) is 0 Å². The van der Waals surface area contributed by atoms with Crippen molar-refractivity contribution in [1.82, 2.24) is 10.3 Å². The van der Waals surface area contributed by atoms with Gasteiger partial charge in [-0.05, 0) is 26.0 Å². The van der Waals surface area contributed by atoms with E-state index in [0.717, 1.165) is 31.5 Å². The Hall–Kier alpha value is -1.29. The van der Waals surface area contributed by atoms with Gasteiger partial charge in [-0.25, -0.2) is 0 Å². The number of nitrogens with zero attached hydrogens (tertiary/aromatic N) is 1. The fraction of sp³-hybridized carbons (Fsp3) is 0.583. The highest BCUT2D eigenvalue weighted by atomic mass is 16.2. The number of aromatic nitrogens is 1. The van der Waals surface area contributed by atoms with Crippen molar-refractivity contribution in [1.29, 1.82) is 0 Å². The summed E-state index contributed by atoms with van der Waals surface area (Å²) in [7, 11) is 3.75. The Morgan fingerprint density at radius 1 is 1.62 bits per heavy atom. The van der Waals surface area contributed by atoms with Crippen molar-refractivity contribution in [3.63, 3.8) is 0 Å². The molecule has 1 saturated carbocycles. The molecular formula is C12H19N3O. The highest BCUT2D eigenvalue weighted by Crippen LogP contribution is 2.42. The van der Waals surface area contributed by atoms with E-state index in [1.807, 2.05) is 32.6 Å². The van der Waals surface area contributed by atoms with Crippen LogP contribution in [0.5, 0.6) is 0 Å². The summed E-state index contributed by atoms with van der Waals surface area (Å²) in [5, 5.41) is 3.14. The van der Waals surface area contributed by atoms with Gasteiger partial charge in [0.15, 0.2) is 0 Å². The van der Waals surface area contributed by atoms with Crippen molar-refractivity contribution in [2.75, 3.05) is 25.5 Å². The highest BCUT2D eigenvalue weighted by molar-refractivity contribution is 5.97. The predicted molar refractivity (Wildman–Crippen MR) is 64.4 cm³/mol. The molecule has 1 aromatic heterocycles. The molecule has 1 heterocycles. The van der Waals surface area contributed by atoms with Crippen LogP contribution in [0.2, 0.25) is 0 Å². The average Bonchev–Trinajstić information content (AvgIpc) is 2.74. The Labute approximate surface area is 96.0 Å². The molecule has 0 saturated heterocycles. The van der Waals surface area contributed by atoms with Crippen LogP contribution in [0.1, 0.15) is 19.3 Å². The number of nitrogens with one attached hydrogen (secondary N) is 2. The van der Waals surface area contributed by atoms with E-state index in [-0.39, 0.29) is 11.3 Å². The molecule has 1 aliphatic carbocycles. The predicted octanol–water partition coefficient (Wildman–Crippen LogP) is 1.37. The molecule has 1 aliphatic rings. The zero-order valence-corrected chi connectivity index (χ0v) is 9.92. The number of H-pyrrole nitrogens is 1. The second-order valence-corrected chi connectivity index (χ2v) is 4.60. The Kier molecular flexibility index (Phi) is 3.01. The molecule has 0 bridgehead atoms. The molecule has 2 N–H and O–H groups in total. The molecule has 1 aromatic rings. The Morgan fingerprint density at radius 3 is 2.81 bits per heavy atom. The van der Waals surface area contributed by atoms with Crippen LogP contribution in [-0.2, 0) is 4.79 Å². The average molecular weight is 221 g/mol. The van der Waals surface area contributed by atoms with Gasteiger partial charge in [0.05, 0.1) is 11.1 Å². The van der Waals surface area contributed by atoms with Gasteiger partial charge >= 0.3 is 0 Å². The fourth-order valence-electron chi connectivity index (χ4n) is 2.40.